The van der Waals surface area contributed by atoms with Crippen molar-refractivity contribution in [3.63, 3.8) is 0 Å². The zero-order valence-corrected chi connectivity index (χ0v) is 16.9. The van der Waals surface area contributed by atoms with Crippen molar-refractivity contribution in [1.82, 2.24) is 14.9 Å². The Morgan fingerprint density at radius 1 is 1.11 bits per heavy atom. The highest BCUT2D eigenvalue weighted by Gasteiger charge is 2.47. The largest absolute Gasteiger partial charge is 0.355 e. The maximum Gasteiger partial charge on any atom is 0.140 e. The third kappa shape index (κ3) is 3.13. The Balaban J connectivity index is 1.27. The molecule has 2 aliphatic heterocycles. The molecule has 3 aromatic rings. The molecular formula is C22H26N4S. The minimum atomic E-state index is 0.450. The van der Waals surface area contributed by atoms with Gasteiger partial charge in [-0.05, 0) is 31.4 Å². The summed E-state index contributed by atoms with van der Waals surface area (Å²) in [5, 5.41) is 1.24. The van der Waals surface area contributed by atoms with E-state index in [0.29, 0.717) is 5.41 Å². The molecule has 2 aliphatic rings. The second-order valence-corrected chi connectivity index (χ2v) is 9.40. The van der Waals surface area contributed by atoms with Crippen molar-refractivity contribution in [2.24, 2.45) is 5.41 Å². The molecule has 4 heterocycles. The van der Waals surface area contributed by atoms with Crippen LogP contribution in [0.3, 0.4) is 0 Å². The molecule has 2 aromatic heterocycles. The van der Waals surface area contributed by atoms with Gasteiger partial charge in [0, 0.05) is 43.0 Å². The van der Waals surface area contributed by atoms with Crippen LogP contribution < -0.4 is 4.90 Å². The van der Waals surface area contributed by atoms with E-state index in [4.69, 9.17) is 0 Å². The van der Waals surface area contributed by atoms with E-state index < -0.39 is 0 Å². The minimum absolute atomic E-state index is 0.450. The maximum absolute atomic E-state index is 4.66. The average Bonchev–Trinajstić information content (AvgIpc) is 3.27. The first-order valence-corrected chi connectivity index (χ1v) is 10.7. The Bertz CT molecular complexity index is 956. The maximum atomic E-state index is 4.66. The van der Waals surface area contributed by atoms with E-state index in [1.807, 2.05) is 0 Å². The topological polar surface area (TPSA) is 32.3 Å². The first-order valence-electron chi connectivity index (χ1n) is 9.90. The van der Waals surface area contributed by atoms with Crippen molar-refractivity contribution in [2.45, 2.75) is 33.2 Å². The normalized spacial score (nSPS) is 19.1. The minimum Gasteiger partial charge on any atom is -0.355 e. The van der Waals surface area contributed by atoms with Crippen LogP contribution >= 0.6 is 11.3 Å². The summed E-state index contributed by atoms with van der Waals surface area (Å²) in [5.41, 5.74) is 3.21. The molecule has 27 heavy (non-hydrogen) atoms. The molecule has 0 bridgehead atoms. The predicted molar refractivity (Wildman–Crippen MR) is 113 cm³/mol. The lowest BCUT2D eigenvalue weighted by molar-refractivity contribution is 0.0117. The van der Waals surface area contributed by atoms with Crippen molar-refractivity contribution < 1.29 is 0 Å². The van der Waals surface area contributed by atoms with Crippen LogP contribution in [-0.2, 0) is 13.0 Å². The third-order valence-corrected chi connectivity index (χ3v) is 7.28. The smallest absolute Gasteiger partial charge is 0.140 e. The van der Waals surface area contributed by atoms with Gasteiger partial charge in [-0.1, -0.05) is 36.8 Å². The lowest BCUT2D eigenvalue weighted by atomic mass is 9.79. The number of benzene rings is 1. The van der Waals surface area contributed by atoms with E-state index in [1.165, 1.54) is 40.9 Å². The van der Waals surface area contributed by atoms with Gasteiger partial charge in [-0.25, -0.2) is 9.97 Å². The Kier molecular flexibility index (Phi) is 4.17. The van der Waals surface area contributed by atoms with Crippen molar-refractivity contribution in [2.75, 3.05) is 31.1 Å². The molecule has 0 atom stereocenters. The zero-order chi connectivity index (χ0) is 18.4. The van der Waals surface area contributed by atoms with E-state index in [2.05, 4.69) is 63.9 Å². The van der Waals surface area contributed by atoms with Gasteiger partial charge in [0.05, 0.1) is 5.39 Å². The number of rotatable bonds is 4. The highest BCUT2D eigenvalue weighted by atomic mass is 32.1. The summed E-state index contributed by atoms with van der Waals surface area (Å²) in [4.78, 5) is 16.8. The first kappa shape index (κ1) is 17.1. The number of thiophene rings is 1. The van der Waals surface area contributed by atoms with Crippen molar-refractivity contribution in [3.8, 4) is 0 Å². The fourth-order valence-electron chi connectivity index (χ4n) is 4.66. The van der Waals surface area contributed by atoms with Crippen LogP contribution in [0.1, 0.15) is 29.3 Å². The summed E-state index contributed by atoms with van der Waals surface area (Å²) in [5.74, 6) is 1.14. The van der Waals surface area contributed by atoms with Crippen molar-refractivity contribution >= 4 is 27.4 Å². The molecule has 2 saturated heterocycles. The number of aryl methyl sites for hydroxylation is 2. The van der Waals surface area contributed by atoms with Crippen LogP contribution in [0, 0.1) is 12.3 Å². The standard InChI is InChI=1S/C22H26N4S/c1-3-18-10-19-20(23-15-24-21(19)27-18)26-9-8-22(14-26)12-25(13-22)11-17-6-4-16(2)5-7-17/h4-7,10,15H,3,8-9,11-14H2,1-2H3. The zero-order valence-electron chi connectivity index (χ0n) is 16.1. The molecule has 1 spiro atoms. The van der Waals surface area contributed by atoms with Gasteiger partial charge < -0.3 is 4.90 Å². The van der Waals surface area contributed by atoms with Crippen molar-refractivity contribution in [3.05, 3.63) is 52.7 Å². The third-order valence-electron chi connectivity index (χ3n) is 6.09. The molecule has 140 valence electrons. The van der Waals surface area contributed by atoms with Crippen LogP contribution in [-0.4, -0.2) is 41.0 Å². The lowest BCUT2D eigenvalue weighted by Crippen LogP contribution is -2.56. The molecule has 2 fully saturated rings. The van der Waals surface area contributed by atoms with E-state index in [1.54, 1.807) is 17.7 Å². The monoisotopic (exact) mass is 378 g/mol. The SMILES string of the molecule is CCc1cc2c(N3CCC4(CN(Cc5ccc(C)cc5)C4)C3)ncnc2s1. The van der Waals surface area contributed by atoms with Crippen LogP contribution in [0.15, 0.2) is 36.7 Å². The molecule has 0 radical (unpaired) electrons. The van der Waals surface area contributed by atoms with Crippen LogP contribution in [0.2, 0.25) is 0 Å². The number of hydrogen-bond acceptors (Lipinski definition) is 5. The fraction of sp³-hybridized carbons (Fsp3) is 0.455. The summed E-state index contributed by atoms with van der Waals surface area (Å²) >= 11 is 1.81. The number of fused-ring (bicyclic) bond motifs is 1. The van der Waals surface area contributed by atoms with Gasteiger partial charge in [-0.3, -0.25) is 4.90 Å². The number of likely N-dealkylation sites (tertiary alicyclic amines) is 1. The van der Waals surface area contributed by atoms with Gasteiger partial charge in [0.25, 0.3) is 0 Å². The summed E-state index contributed by atoms with van der Waals surface area (Å²) in [6.07, 6.45) is 4.08. The molecule has 0 unspecified atom stereocenters. The Hall–Kier alpha value is -1.98. The van der Waals surface area contributed by atoms with E-state index >= 15 is 0 Å². The molecule has 4 nitrogen and oxygen atoms in total. The number of hydrogen-bond donors (Lipinski definition) is 0. The molecular weight excluding hydrogens is 352 g/mol. The quantitative estimate of drug-likeness (QED) is 0.678. The van der Waals surface area contributed by atoms with E-state index in [0.717, 1.165) is 36.7 Å². The van der Waals surface area contributed by atoms with E-state index in [9.17, 15) is 0 Å². The van der Waals surface area contributed by atoms with Crippen LogP contribution in [0.25, 0.3) is 10.2 Å². The van der Waals surface area contributed by atoms with Gasteiger partial charge in [-0.2, -0.15) is 0 Å². The Morgan fingerprint density at radius 2 is 1.93 bits per heavy atom. The summed E-state index contributed by atoms with van der Waals surface area (Å²) in [6.45, 7) is 10.1. The Morgan fingerprint density at radius 3 is 2.70 bits per heavy atom. The predicted octanol–water partition coefficient (Wildman–Crippen LogP) is 4.27. The number of nitrogens with zero attached hydrogens (tertiary/aromatic N) is 4. The summed E-state index contributed by atoms with van der Waals surface area (Å²) in [7, 11) is 0. The van der Waals surface area contributed by atoms with Gasteiger partial charge in [0.1, 0.15) is 17.0 Å². The van der Waals surface area contributed by atoms with Gasteiger partial charge in [0.15, 0.2) is 0 Å². The first-order chi connectivity index (χ1) is 13.1. The van der Waals surface area contributed by atoms with Crippen LogP contribution in [0.4, 0.5) is 5.82 Å². The van der Waals surface area contributed by atoms with Gasteiger partial charge in [-0.15, -0.1) is 11.3 Å². The molecule has 5 heteroatoms. The molecule has 0 amide bonds. The van der Waals surface area contributed by atoms with E-state index in [-0.39, 0.29) is 0 Å². The lowest BCUT2D eigenvalue weighted by Gasteiger charge is -2.48. The molecule has 0 aliphatic carbocycles. The molecule has 5 rings (SSSR count). The average molecular weight is 379 g/mol. The second-order valence-electron chi connectivity index (χ2n) is 8.28. The summed E-state index contributed by atoms with van der Waals surface area (Å²) in [6, 6.07) is 11.3. The summed E-state index contributed by atoms with van der Waals surface area (Å²) < 4.78 is 0. The molecule has 1 aromatic carbocycles. The highest BCUT2D eigenvalue weighted by Crippen LogP contribution is 2.43. The second kappa shape index (κ2) is 6.57. The fourth-order valence-corrected chi connectivity index (χ4v) is 5.59. The molecule has 0 N–H and O–H groups in total. The van der Waals surface area contributed by atoms with Gasteiger partial charge in [0.2, 0.25) is 0 Å². The highest BCUT2D eigenvalue weighted by molar-refractivity contribution is 7.18. The van der Waals surface area contributed by atoms with Crippen LogP contribution in [0.5, 0.6) is 0 Å². The number of anilines is 1. The van der Waals surface area contributed by atoms with Crippen molar-refractivity contribution in [1.29, 1.82) is 0 Å². The number of aromatic nitrogens is 2. The Labute approximate surface area is 164 Å². The van der Waals surface area contributed by atoms with Gasteiger partial charge >= 0.3 is 0 Å². The molecule has 0 saturated carbocycles.